The Bertz CT molecular complexity index is 1000. The van der Waals surface area contributed by atoms with Crippen molar-refractivity contribution in [2.45, 2.75) is 59.3 Å². The number of benzene rings is 1. The number of aliphatic imine (C=N–C) groups is 1. The Kier molecular flexibility index (Phi) is 4.37. The van der Waals surface area contributed by atoms with Crippen LogP contribution in [0.1, 0.15) is 64.9 Å². The molecule has 6 nitrogen and oxygen atoms in total. The number of nitro groups is 1. The van der Waals surface area contributed by atoms with Crippen LogP contribution >= 0.6 is 0 Å². The second-order valence-corrected chi connectivity index (χ2v) is 10.2. The van der Waals surface area contributed by atoms with Crippen LogP contribution in [0.5, 0.6) is 0 Å². The van der Waals surface area contributed by atoms with Crippen LogP contribution in [0.3, 0.4) is 0 Å². The van der Waals surface area contributed by atoms with Gasteiger partial charge in [-0.2, -0.15) is 0 Å². The number of ketones is 2. The van der Waals surface area contributed by atoms with Crippen molar-refractivity contribution in [2.75, 3.05) is 0 Å². The van der Waals surface area contributed by atoms with Gasteiger partial charge in [-0.05, 0) is 29.2 Å². The molecule has 1 unspecified atom stereocenters. The summed E-state index contributed by atoms with van der Waals surface area (Å²) in [6, 6.07) is 6.38. The van der Waals surface area contributed by atoms with Crippen molar-refractivity contribution in [3.8, 4) is 0 Å². The SMILES string of the molecule is CC1(C)CC(=O)C2C(=NC3=C(C(=O)CC(C)(C)C3)[C@H]2c2cccc([N+](=O)[O-])c2)C1. The summed E-state index contributed by atoms with van der Waals surface area (Å²) in [6.45, 7) is 8.23. The summed E-state index contributed by atoms with van der Waals surface area (Å²) in [5, 5.41) is 11.3. The molecule has 1 aromatic carbocycles. The zero-order valence-electron chi connectivity index (χ0n) is 17.3. The maximum absolute atomic E-state index is 13.2. The van der Waals surface area contributed by atoms with Gasteiger partial charge in [0.2, 0.25) is 0 Å². The van der Waals surface area contributed by atoms with Gasteiger partial charge in [0.05, 0.1) is 10.8 Å². The van der Waals surface area contributed by atoms with Crippen LogP contribution in [0.4, 0.5) is 5.69 Å². The van der Waals surface area contributed by atoms with E-state index < -0.39 is 16.8 Å². The molecule has 29 heavy (non-hydrogen) atoms. The number of carbonyl (C=O) groups is 2. The largest absolute Gasteiger partial charge is 0.299 e. The molecule has 152 valence electrons. The van der Waals surface area contributed by atoms with Crippen molar-refractivity contribution in [1.82, 2.24) is 0 Å². The molecule has 1 fully saturated rings. The van der Waals surface area contributed by atoms with Gasteiger partial charge in [-0.3, -0.25) is 24.7 Å². The highest BCUT2D eigenvalue weighted by Crippen LogP contribution is 2.51. The topological polar surface area (TPSA) is 89.6 Å². The molecule has 0 amide bonds. The molecular weight excluding hydrogens is 368 g/mol. The average molecular weight is 394 g/mol. The number of fused-ring (bicyclic) bond motifs is 1. The summed E-state index contributed by atoms with van der Waals surface area (Å²) in [7, 11) is 0. The van der Waals surface area contributed by atoms with Crippen LogP contribution in [-0.2, 0) is 9.59 Å². The summed E-state index contributed by atoms with van der Waals surface area (Å²) in [5.74, 6) is -0.910. The molecule has 3 aliphatic rings. The maximum atomic E-state index is 13.2. The molecule has 0 saturated heterocycles. The highest BCUT2D eigenvalue weighted by molar-refractivity contribution is 6.13. The quantitative estimate of drug-likeness (QED) is 0.533. The molecule has 4 rings (SSSR count). The lowest BCUT2D eigenvalue weighted by molar-refractivity contribution is -0.384. The molecule has 2 atom stereocenters. The van der Waals surface area contributed by atoms with Crippen molar-refractivity contribution in [2.24, 2.45) is 21.7 Å². The number of carbonyl (C=O) groups excluding carboxylic acids is 2. The average Bonchev–Trinajstić information content (AvgIpc) is 2.57. The molecule has 1 heterocycles. The second-order valence-electron chi connectivity index (χ2n) is 10.2. The Labute approximate surface area is 170 Å². The Morgan fingerprint density at radius 3 is 2.38 bits per heavy atom. The van der Waals surface area contributed by atoms with Gasteiger partial charge in [0.25, 0.3) is 5.69 Å². The summed E-state index contributed by atoms with van der Waals surface area (Å²) in [5.41, 5.74) is 2.45. The number of rotatable bonds is 2. The lowest BCUT2D eigenvalue weighted by Gasteiger charge is -2.44. The molecule has 6 heteroatoms. The van der Waals surface area contributed by atoms with Crippen LogP contribution < -0.4 is 0 Å². The normalized spacial score (nSPS) is 27.8. The predicted molar refractivity (Wildman–Crippen MR) is 110 cm³/mol. The van der Waals surface area contributed by atoms with Crippen LogP contribution in [-0.4, -0.2) is 22.2 Å². The van der Waals surface area contributed by atoms with Crippen LogP contribution in [0.2, 0.25) is 0 Å². The smallest absolute Gasteiger partial charge is 0.269 e. The number of allylic oxidation sites excluding steroid dienone is 2. The highest BCUT2D eigenvalue weighted by Gasteiger charge is 2.49. The van der Waals surface area contributed by atoms with E-state index in [0.717, 1.165) is 11.4 Å². The number of non-ortho nitro benzene ring substituents is 1. The minimum Gasteiger partial charge on any atom is -0.299 e. The van der Waals surface area contributed by atoms with E-state index >= 15 is 0 Å². The lowest BCUT2D eigenvalue weighted by atomic mass is 9.60. The first-order valence-corrected chi connectivity index (χ1v) is 10.1. The van der Waals surface area contributed by atoms with Gasteiger partial charge in [0, 0.05) is 47.9 Å². The molecule has 0 aromatic heterocycles. The standard InChI is InChI=1S/C23H26N2O4/c1-22(2)9-15-20(17(26)11-22)19(13-6-5-7-14(8-13)25(28)29)21-16(24-15)10-23(3,4)12-18(21)27/h5-8,19-20H,9-12H2,1-4H3/t19-,20?/m0/s1. The minimum absolute atomic E-state index is 0.00758. The molecule has 0 spiro atoms. The monoisotopic (exact) mass is 394 g/mol. The molecule has 1 saturated carbocycles. The van der Waals surface area contributed by atoms with Crippen molar-refractivity contribution in [3.05, 3.63) is 51.2 Å². The van der Waals surface area contributed by atoms with Crippen LogP contribution in [0.15, 0.2) is 40.5 Å². The van der Waals surface area contributed by atoms with Gasteiger partial charge < -0.3 is 0 Å². The molecule has 0 N–H and O–H groups in total. The first-order chi connectivity index (χ1) is 13.5. The fourth-order valence-electron chi connectivity index (χ4n) is 5.20. The molecule has 1 aromatic rings. The van der Waals surface area contributed by atoms with Crippen molar-refractivity contribution in [3.63, 3.8) is 0 Å². The van der Waals surface area contributed by atoms with Gasteiger partial charge in [-0.1, -0.05) is 39.8 Å². The van der Waals surface area contributed by atoms with E-state index in [-0.39, 0.29) is 28.1 Å². The fourth-order valence-corrected chi connectivity index (χ4v) is 5.20. The summed E-state index contributed by atoms with van der Waals surface area (Å²) in [6.07, 6.45) is 2.18. The Morgan fingerprint density at radius 1 is 1.00 bits per heavy atom. The van der Waals surface area contributed by atoms with E-state index in [0.29, 0.717) is 36.8 Å². The van der Waals surface area contributed by atoms with E-state index in [1.165, 1.54) is 12.1 Å². The molecule has 2 aliphatic carbocycles. The summed E-state index contributed by atoms with van der Waals surface area (Å²) >= 11 is 0. The van der Waals surface area contributed by atoms with Gasteiger partial charge in [0.1, 0.15) is 5.78 Å². The highest BCUT2D eigenvalue weighted by atomic mass is 16.6. The van der Waals surface area contributed by atoms with Gasteiger partial charge in [0.15, 0.2) is 5.78 Å². The number of hydrogen-bond acceptors (Lipinski definition) is 5. The van der Waals surface area contributed by atoms with Crippen LogP contribution in [0, 0.1) is 26.9 Å². The molecular formula is C23H26N2O4. The van der Waals surface area contributed by atoms with E-state index in [9.17, 15) is 19.7 Å². The Balaban J connectivity index is 1.92. The first-order valence-electron chi connectivity index (χ1n) is 10.1. The van der Waals surface area contributed by atoms with E-state index in [1.807, 2.05) is 0 Å². The third kappa shape index (κ3) is 3.45. The predicted octanol–water partition coefficient (Wildman–Crippen LogP) is 4.78. The van der Waals surface area contributed by atoms with Crippen molar-refractivity contribution >= 4 is 23.0 Å². The number of nitrogens with zero attached hydrogens (tertiary/aromatic N) is 2. The Hall–Kier alpha value is -2.63. The maximum Gasteiger partial charge on any atom is 0.269 e. The van der Waals surface area contributed by atoms with E-state index in [2.05, 4.69) is 27.7 Å². The third-order valence-electron chi connectivity index (χ3n) is 6.28. The lowest BCUT2D eigenvalue weighted by Crippen LogP contribution is -2.45. The second kappa shape index (κ2) is 6.44. The van der Waals surface area contributed by atoms with Crippen molar-refractivity contribution in [1.29, 1.82) is 0 Å². The zero-order chi connectivity index (χ0) is 21.1. The third-order valence-corrected chi connectivity index (χ3v) is 6.28. The van der Waals surface area contributed by atoms with E-state index in [4.69, 9.17) is 4.99 Å². The number of hydrogen-bond donors (Lipinski definition) is 0. The number of nitro benzene ring substituents is 1. The first kappa shape index (κ1) is 19.7. The van der Waals surface area contributed by atoms with Gasteiger partial charge >= 0.3 is 0 Å². The number of Topliss-reactive ketones (excluding diaryl/α,β-unsaturated/α-hetero) is 2. The summed E-state index contributed by atoms with van der Waals surface area (Å²) < 4.78 is 0. The summed E-state index contributed by atoms with van der Waals surface area (Å²) in [4.78, 5) is 42.2. The molecule has 0 radical (unpaired) electrons. The van der Waals surface area contributed by atoms with Crippen LogP contribution in [0.25, 0.3) is 0 Å². The molecule has 1 aliphatic heterocycles. The fraction of sp³-hybridized carbons (Fsp3) is 0.522. The minimum atomic E-state index is -0.506. The zero-order valence-corrected chi connectivity index (χ0v) is 17.3. The van der Waals surface area contributed by atoms with Crippen molar-refractivity contribution < 1.29 is 14.5 Å². The Morgan fingerprint density at radius 2 is 1.69 bits per heavy atom. The van der Waals surface area contributed by atoms with E-state index in [1.54, 1.807) is 12.1 Å². The van der Waals surface area contributed by atoms with Gasteiger partial charge in [-0.25, -0.2) is 0 Å². The molecule has 0 bridgehead atoms. The van der Waals surface area contributed by atoms with Gasteiger partial charge in [-0.15, -0.1) is 0 Å².